The fourth-order valence-electron chi connectivity index (χ4n) is 5.29. The number of piperazine rings is 1. The summed E-state index contributed by atoms with van der Waals surface area (Å²) in [6.45, 7) is 7.96. The molecule has 0 saturated carbocycles. The van der Waals surface area contributed by atoms with Crippen LogP contribution >= 0.6 is 0 Å². The van der Waals surface area contributed by atoms with Gasteiger partial charge in [-0.25, -0.2) is 22.0 Å². The lowest BCUT2D eigenvalue weighted by atomic mass is 9.99. The number of amides is 1. The molecule has 3 aliphatic rings. The number of hydrogen-bond donors (Lipinski definition) is 0. The van der Waals surface area contributed by atoms with Crippen molar-refractivity contribution in [2.24, 2.45) is 0 Å². The van der Waals surface area contributed by atoms with Crippen LogP contribution in [0.5, 0.6) is 0 Å². The molecule has 8 nitrogen and oxygen atoms in total. The highest BCUT2D eigenvalue weighted by atomic mass is 32.2. The van der Waals surface area contributed by atoms with Crippen LogP contribution in [0.15, 0.2) is 35.6 Å². The van der Waals surface area contributed by atoms with Crippen LogP contribution < -0.4 is 21.2 Å². The van der Waals surface area contributed by atoms with Gasteiger partial charge in [-0.3, -0.25) is 9.36 Å². The van der Waals surface area contributed by atoms with Crippen LogP contribution in [0.4, 0.5) is 14.6 Å². The lowest BCUT2D eigenvalue weighted by Gasteiger charge is -2.44. The highest BCUT2D eigenvalue weighted by Crippen LogP contribution is 2.36. The van der Waals surface area contributed by atoms with Gasteiger partial charge in [0.25, 0.3) is 0 Å². The van der Waals surface area contributed by atoms with Gasteiger partial charge in [0, 0.05) is 54.5 Å². The molecule has 1 fully saturated rings. The molecule has 1 aliphatic carbocycles. The Labute approximate surface area is 200 Å². The van der Waals surface area contributed by atoms with E-state index in [1.807, 2.05) is 18.7 Å². The van der Waals surface area contributed by atoms with E-state index < -0.39 is 33.1 Å². The zero-order chi connectivity index (χ0) is 25.2. The van der Waals surface area contributed by atoms with Gasteiger partial charge in [0.05, 0.1) is 16.0 Å². The van der Waals surface area contributed by atoms with Gasteiger partial charge in [0.1, 0.15) is 17.5 Å². The maximum Gasteiger partial charge on any atom is 0.350 e. The minimum atomic E-state index is -3.82. The van der Waals surface area contributed by atoms with E-state index in [0.717, 1.165) is 6.07 Å². The summed E-state index contributed by atoms with van der Waals surface area (Å²) in [6.07, 6.45) is 2.85. The molecule has 2 aromatic rings. The second-order valence-electron chi connectivity index (χ2n) is 9.17. The summed E-state index contributed by atoms with van der Waals surface area (Å²) in [7, 11) is -3.82. The average Bonchev–Trinajstić information content (AvgIpc) is 3.20. The molecule has 35 heavy (non-hydrogen) atoms. The maximum atomic E-state index is 14.8. The summed E-state index contributed by atoms with van der Waals surface area (Å²) in [6, 6.07) is 2.57. The molecule has 11 heteroatoms. The Hall–Kier alpha value is -3.34. The Bertz CT molecular complexity index is 1570. The third-order valence-corrected chi connectivity index (χ3v) is 8.82. The summed E-state index contributed by atoms with van der Waals surface area (Å²) >= 11 is 0. The minimum absolute atomic E-state index is 0.0100. The molecule has 3 heterocycles. The van der Waals surface area contributed by atoms with Crippen LogP contribution in [-0.2, 0) is 21.2 Å². The third-order valence-electron chi connectivity index (χ3n) is 6.98. The lowest BCUT2D eigenvalue weighted by Crippen LogP contribution is -2.61. The van der Waals surface area contributed by atoms with Crippen LogP contribution in [0.2, 0.25) is 0 Å². The van der Waals surface area contributed by atoms with Crippen molar-refractivity contribution in [3.8, 4) is 0 Å². The molecule has 1 unspecified atom stereocenters. The number of nitrogens with zero attached hydrogens (tertiary/aromatic N) is 4. The van der Waals surface area contributed by atoms with E-state index in [2.05, 4.69) is 11.6 Å². The predicted molar refractivity (Wildman–Crippen MR) is 127 cm³/mol. The summed E-state index contributed by atoms with van der Waals surface area (Å²) in [5.41, 5.74) is -0.583. The molecular formula is C24H24F2N4O4S. The number of carbonyl (C=O) groups excluding carboxylic acids is 1. The Balaban J connectivity index is 1.74. The molecule has 184 valence electrons. The Kier molecular flexibility index (Phi) is 5.42. The van der Waals surface area contributed by atoms with E-state index in [9.17, 15) is 26.8 Å². The van der Waals surface area contributed by atoms with E-state index in [0.29, 0.717) is 30.2 Å². The topological polar surface area (TPSA) is 92.6 Å². The van der Waals surface area contributed by atoms with E-state index in [4.69, 9.17) is 0 Å². The second kappa shape index (κ2) is 8.11. The Morgan fingerprint density at radius 2 is 1.94 bits per heavy atom. The number of carbonyl (C=O) groups is 1. The standard InChI is InChI=1S/C24H24F2N4O4S/c1-4-20(31)29-11-14(3)30(12-13(29)2)23-18-10-17(16-6-5-15(25)9-19(16)26)22-21(18)28(24(32)27-23)7-8-35(22,33)34/h4-6,9-10,13-14,17H,1,7-8,11-12H2,2-3H3/t13-,14+,17?/m1/s1. The number of sulfone groups is 1. The Morgan fingerprint density at radius 3 is 2.63 bits per heavy atom. The zero-order valence-corrected chi connectivity index (χ0v) is 20.1. The van der Waals surface area contributed by atoms with Gasteiger partial charge in [0.15, 0.2) is 9.84 Å². The van der Waals surface area contributed by atoms with Crippen molar-refractivity contribution >= 4 is 32.5 Å². The van der Waals surface area contributed by atoms with Crippen LogP contribution in [0.1, 0.15) is 25.3 Å². The summed E-state index contributed by atoms with van der Waals surface area (Å²) in [5.74, 6) is -2.86. The van der Waals surface area contributed by atoms with Crippen LogP contribution in [0.25, 0.3) is 11.0 Å². The van der Waals surface area contributed by atoms with Crippen molar-refractivity contribution in [3.05, 3.63) is 69.1 Å². The summed E-state index contributed by atoms with van der Waals surface area (Å²) < 4.78 is 56.1. The van der Waals surface area contributed by atoms with Gasteiger partial charge in [-0.05, 0) is 26.0 Å². The van der Waals surface area contributed by atoms with E-state index in [1.165, 1.54) is 16.7 Å². The SMILES string of the molecule is C=CC(=O)N1C[C@H](C)N(c2nc(=O)n3c4c2=CC(c2ccc(F)cc2F)C=4S(=O)(=O)CC3)C[C@H]1C. The molecule has 1 aromatic heterocycles. The molecule has 3 atom stereocenters. The molecule has 0 spiro atoms. The number of benzene rings is 1. The first-order valence-corrected chi connectivity index (χ1v) is 12.9. The fourth-order valence-corrected chi connectivity index (χ4v) is 7.03. The highest BCUT2D eigenvalue weighted by Gasteiger charge is 2.39. The molecule has 5 rings (SSSR count). The highest BCUT2D eigenvalue weighted by molar-refractivity contribution is 8.00. The van der Waals surface area contributed by atoms with Crippen LogP contribution in [-0.4, -0.2) is 59.7 Å². The van der Waals surface area contributed by atoms with Gasteiger partial charge in [-0.2, -0.15) is 4.98 Å². The molecule has 1 aromatic carbocycles. The van der Waals surface area contributed by atoms with Crippen molar-refractivity contribution in [1.82, 2.24) is 14.5 Å². The van der Waals surface area contributed by atoms with Gasteiger partial charge < -0.3 is 9.80 Å². The number of halogens is 2. The Morgan fingerprint density at radius 1 is 1.20 bits per heavy atom. The van der Waals surface area contributed by atoms with Crippen molar-refractivity contribution in [3.63, 3.8) is 0 Å². The second-order valence-corrected chi connectivity index (χ2v) is 11.2. The molecule has 1 amide bonds. The molecule has 0 radical (unpaired) electrons. The molecule has 0 bridgehead atoms. The quantitative estimate of drug-likeness (QED) is 0.559. The lowest BCUT2D eigenvalue weighted by molar-refractivity contribution is -0.128. The van der Waals surface area contributed by atoms with Gasteiger partial charge in [-0.15, -0.1) is 0 Å². The number of anilines is 1. The van der Waals surface area contributed by atoms with Crippen molar-refractivity contribution in [2.75, 3.05) is 23.7 Å². The normalized spacial score (nSPS) is 24.7. The predicted octanol–water partition coefficient (Wildman–Crippen LogP) is 0.248. The van der Waals surface area contributed by atoms with Gasteiger partial charge >= 0.3 is 5.69 Å². The fraction of sp³-hybridized carbons (Fsp3) is 0.375. The van der Waals surface area contributed by atoms with Crippen molar-refractivity contribution in [1.29, 1.82) is 0 Å². The largest absolute Gasteiger partial charge is 0.350 e. The van der Waals surface area contributed by atoms with Crippen LogP contribution in [0, 0.1) is 11.6 Å². The molecule has 0 N–H and O–H groups in total. The van der Waals surface area contributed by atoms with Crippen molar-refractivity contribution in [2.45, 2.75) is 38.4 Å². The molecule has 1 saturated heterocycles. The first kappa shape index (κ1) is 23.4. The monoisotopic (exact) mass is 502 g/mol. The molecule has 2 aliphatic heterocycles. The smallest absolute Gasteiger partial charge is 0.349 e. The average molecular weight is 503 g/mol. The first-order valence-electron chi connectivity index (χ1n) is 11.3. The van der Waals surface area contributed by atoms with Gasteiger partial charge in [-0.1, -0.05) is 18.7 Å². The van der Waals surface area contributed by atoms with E-state index >= 15 is 0 Å². The van der Waals surface area contributed by atoms with Crippen LogP contribution in [0.3, 0.4) is 0 Å². The minimum Gasteiger partial charge on any atom is -0.349 e. The first-order chi connectivity index (χ1) is 16.5. The molecular weight excluding hydrogens is 478 g/mol. The number of rotatable bonds is 3. The van der Waals surface area contributed by atoms with E-state index in [1.54, 1.807) is 11.0 Å². The number of hydrogen-bond acceptors (Lipinski definition) is 6. The third kappa shape index (κ3) is 3.60. The summed E-state index contributed by atoms with van der Waals surface area (Å²) in [4.78, 5) is 33.1. The maximum absolute atomic E-state index is 14.8. The summed E-state index contributed by atoms with van der Waals surface area (Å²) in [5, 5.41) is 0.642. The van der Waals surface area contributed by atoms with E-state index in [-0.39, 0.29) is 46.1 Å². The van der Waals surface area contributed by atoms with Gasteiger partial charge in [0.2, 0.25) is 5.91 Å². The number of aromatic nitrogens is 2. The van der Waals surface area contributed by atoms with Crippen molar-refractivity contribution < 1.29 is 22.0 Å². The zero-order valence-electron chi connectivity index (χ0n) is 19.2.